The minimum atomic E-state index is -0.336. The number of aliphatic hydroxyl groups is 1. The van der Waals surface area contributed by atoms with Gasteiger partial charge in [-0.05, 0) is 53.8 Å². The van der Waals surface area contributed by atoms with Crippen molar-refractivity contribution in [2.75, 3.05) is 0 Å². The average Bonchev–Trinajstić information content (AvgIpc) is 2.86. The maximum absolute atomic E-state index is 9.76. The van der Waals surface area contributed by atoms with E-state index >= 15 is 0 Å². The standard InChI is InChI=1S/C16H14N2O2/c17-9-13-7-11(5-6-18-13)10-20-14-2-3-15-12(8-14)1-4-16(15)19/h2-3,5-8,16,19H,1,4,10H2. The molecule has 0 spiro atoms. The molecule has 0 radical (unpaired) electrons. The Morgan fingerprint density at radius 2 is 2.25 bits per heavy atom. The molecular formula is C16H14N2O2. The lowest BCUT2D eigenvalue weighted by Crippen LogP contribution is -1.98. The Balaban J connectivity index is 1.71. The second kappa shape index (κ2) is 5.32. The van der Waals surface area contributed by atoms with Gasteiger partial charge < -0.3 is 9.84 Å². The molecule has 4 heteroatoms. The minimum Gasteiger partial charge on any atom is -0.489 e. The molecule has 1 unspecified atom stereocenters. The summed E-state index contributed by atoms with van der Waals surface area (Å²) >= 11 is 0. The number of nitrogens with zero attached hydrogens (tertiary/aromatic N) is 2. The van der Waals surface area contributed by atoms with Crippen LogP contribution in [0.4, 0.5) is 0 Å². The van der Waals surface area contributed by atoms with E-state index in [9.17, 15) is 5.11 Å². The molecule has 1 N–H and O–H groups in total. The van der Waals surface area contributed by atoms with E-state index < -0.39 is 0 Å². The fourth-order valence-electron chi connectivity index (χ4n) is 2.45. The number of ether oxygens (including phenoxy) is 1. The van der Waals surface area contributed by atoms with E-state index in [1.165, 1.54) is 0 Å². The van der Waals surface area contributed by atoms with Gasteiger partial charge in [0.25, 0.3) is 0 Å². The van der Waals surface area contributed by atoms with Gasteiger partial charge in [-0.3, -0.25) is 0 Å². The lowest BCUT2D eigenvalue weighted by Gasteiger charge is -2.09. The molecule has 2 aromatic rings. The lowest BCUT2D eigenvalue weighted by molar-refractivity contribution is 0.180. The van der Waals surface area contributed by atoms with Gasteiger partial charge in [-0.2, -0.15) is 5.26 Å². The quantitative estimate of drug-likeness (QED) is 0.927. The highest BCUT2D eigenvalue weighted by atomic mass is 16.5. The maximum Gasteiger partial charge on any atom is 0.140 e. The molecule has 0 saturated heterocycles. The van der Waals surface area contributed by atoms with Crippen molar-refractivity contribution in [3.63, 3.8) is 0 Å². The molecule has 1 aliphatic carbocycles. The molecule has 1 atom stereocenters. The van der Waals surface area contributed by atoms with Gasteiger partial charge in [0.1, 0.15) is 24.1 Å². The van der Waals surface area contributed by atoms with Crippen LogP contribution in [0.15, 0.2) is 36.5 Å². The van der Waals surface area contributed by atoms with Gasteiger partial charge in [-0.25, -0.2) is 4.98 Å². The van der Waals surface area contributed by atoms with Crippen molar-refractivity contribution in [3.05, 3.63) is 58.9 Å². The Morgan fingerprint density at radius 1 is 1.35 bits per heavy atom. The van der Waals surface area contributed by atoms with Gasteiger partial charge in [0.05, 0.1) is 6.10 Å². The summed E-state index contributed by atoms with van der Waals surface area (Å²) in [5, 5.41) is 18.6. The number of aliphatic hydroxyl groups excluding tert-OH is 1. The third-order valence-corrected chi connectivity index (χ3v) is 3.50. The first-order chi connectivity index (χ1) is 9.76. The molecule has 1 aliphatic rings. The monoisotopic (exact) mass is 266 g/mol. The van der Waals surface area contributed by atoms with Crippen molar-refractivity contribution in [1.82, 2.24) is 4.98 Å². The van der Waals surface area contributed by atoms with Crippen LogP contribution in [-0.2, 0) is 13.0 Å². The summed E-state index contributed by atoms with van der Waals surface area (Å²) in [6, 6.07) is 11.3. The van der Waals surface area contributed by atoms with E-state index in [-0.39, 0.29) is 6.10 Å². The number of pyridine rings is 1. The summed E-state index contributed by atoms with van der Waals surface area (Å²) in [7, 11) is 0. The molecule has 0 aliphatic heterocycles. The number of aryl methyl sites for hydroxylation is 1. The topological polar surface area (TPSA) is 66.1 Å². The van der Waals surface area contributed by atoms with Gasteiger partial charge in [-0.15, -0.1) is 0 Å². The number of nitriles is 1. The van der Waals surface area contributed by atoms with Crippen LogP contribution in [-0.4, -0.2) is 10.1 Å². The number of benzene rings is 1. The van der Waals surface area contributed by atoms with Crippen LogP contribution >= 0.6 is 0 Å². The molecule has 0 bridgehead atoms. The highest BCUT2D eigenvalue weighted by molar-refractivity contribution is 5.40. The number of hydrogen-bond acceptors (Lipinski definition) is 4. The fourth-order valence-corrected chi connectivity index (χ4v) is 2.45. The molecule has 20 heavy (non-hydrogen) atoms. The Kier molecular flexibility index (Phi) is 3.36. The molecule has 0 fully saturated rings. The van der Waals surface area contributed by atoms with Gasteiger partial charge in [0.2, 0.25) is 0 Å². The zero-order valence-electron chi connectivity index (χ0n) is 10.9. The van der Waals surface area contributed by atoms with E-state index in [1.807, 2.05) is 30.3 Å². The molecule has 0 amide bonds. The first-order valence-corrected chi connectivity index (χ1v) is 6.55. The van der Waals surface area contributed by atoms with Crippen LogP contribution in [0.1, 0.15) is 34.9 Å². The van der Waals surface area contributed by atoms with E-state index in [0.29, 0.717) is 12.3 Å². The molecular weight excluding hydrogens is 252 g/mol. The second-order valence-corrected chi connectivity index (χ2v) is 4.86. The average molecular weight is 266 g/mol. The Morgan fingerprint density at radius 3 is 3.10 bits per heavy atom. The first-order valence-electron chi connectivity index (χ1n) is 6.55. The van der Waals surface area contributed by atoms with Crippen LogP contribution in [0.2, 0.25) is 0 Å². The largest absolute Gasteiger partial charge is 0.489 e. The predicted molar refractivity (Wildman–Crippen MR) is 73.0 cm³/mol. The SMILES string of the molecule is N#Cc1cc(COc2ccc3c(c2)CCC3O)ccn1. The summed E-state index contributed by atoms with van der Waals surface area (Å²) in [5.41, 5.74) is 3.47. The van der Waals surface area contributed by atoms with Crippen molar-refractivity contribution in [2.45, 2.75) is 25.6 Å². The zero-order chi connectivity index (χ0) is 13.9. The normalized spacial score (nSPS) is 16.5. The van der Waals surface area contributed by atoms with Crippen molar-refractivity contribution in [2.24, 2.45) is 0 Å². The number of rotatable bonds is 3. The predicted octanol–water partition coefficient (Wildman–Crippen LogP) is 2.51. The van der Waals surface area contributed by atoms with Gasteiger partial charge in [0.15, 0.2) is 0 Å². The highest BCUT2D eigenvalue weighted by Crippen LogP contribution is 2.33. The van der Waals surface area contributed by atoms with Crippen molar-refractivity contribution in [3.8, 4) is 11.8 Å². The molecule has 3 rings (SSSR count). The number of aromatic nitrogens is 1. The van der Waals surface area contributed by atoms with Crippen molar-refractivity contribution >= 4 is 0 Å². The number of hydrogen-bond donors (Lipinski definition) is 1. The summed E-state index contributed by atoms with van der Waals surface area (Å²) in [6.45, 7) is 0.401. The number of fused-ring (bicyclic) bond motifs is 1. The summed E-state index contributed by atoms with van der Waals surface area (Å²) in [6.07, 6.45) is 2.95. The molecule has 100 valence electrons. The molecule has 1 aromatic heterocycles. The molecule has 4 nitrogen and oxygen atoms in total. The van der Waals surface area contributed by atoms with Crippen LogP contribution < -0.4 is 4.74 Å². The van der Waals surface area contributed by atoms with E-state index in [4.69, 9.17) is 10.00 Å². The Bertz CT molecular complexity index is 676. The van der Waals surface area contributed by atoms with Gasteiger partial charge in [0, 0.05) is 6.20 Å². The fraction of sp³-hybridized carbons (Fsp3) is 0.250. The Hall–Kier alpha value is -2.38. The first kappa shape index (κ1) is 12.6. The van der Waals surface area contributed by atoms with Crippen LogP contribution in [0.5, 0.6) is 5.75 Å². The maximum atomic E-state index is 9.76. The lowest BCUT2D eigenvalue weighted by atomic mass is 10.1. The van der Waals surface area contributed by atoms with E-state index in [0.717, 1.165) is 35.3 Å². The van der Waals surface area contributed by atoms with Crippen molar-refractivity contribution in [1.29, 1.82) is 5.26 Å². The summed E-state index contributed by atoms with van der Waals surface area (Å²) in [5.74, 6) is 0.785. The highest BCUT2D eigenvalue weighted by Gasteiger charge is 2.20. The third kappa shape index (κ3) is 2.49. The van der Waals surface area contributed by atoms with Gasteiger partial charge in [-0.1, -0.05) is 6.07 Å². The zero-order valence-corrected chi connectivity index (χ0v) is 10.9. The summed E-state index contributed by atoms with van der Waals surface area (Å²) in [4.78, 5) is 3.92. The second-order valence-electron chi connectivity index (χ2n) is 4.86. The minimum absolute atomic E-state index is 0.336. The van der Waals surface area contributed by atoms with Crippen LogP contribution in [0.3, 0.4) is 0 Å². The molecule has 1 heterocycles. The third-order valence-electron chi connectivity index (χ3n) is 3.50. The van der Waals surface area contributed by atoms with E-state index in [1.54, 1.807) is 12.3 Å². The Labute approximate surface area is 117 Å². The summed E-state index contributed by atoms with van der Waals surface area (Å²) < 4.78 is 5.73. The van der Waals surface area contributed by atoms with E-state index in [2.05, 4.69) is 4.98 Å². The van der Waals surface area contributed by atoms with Gasteiger partial charge >= 0.3 is 0 Å². The molecule has 0 saturated carbocycles. The van der Waals surface area contributed by atoms with Crippen LogP contribution in [0.25, 0.3) is 0 Å². The smallest absolute Gasteiger partial charge is 0.140 e. The van der Waals surface area contributed by atoms with Crippen molar-refractivity contribution < 1.29 is 9.84 Å². The molecule has 1 aromatic carbocycles. The van der Waals surface area contributed by atoms with Crippen LogP contribution in [0, 0.1) is 11.3 Å².